The van der Waals surface area contributed by atoms with E-state index in [1.165, 1.54) is 6.26 Å². The first-order valence-electron chi connectivity index (χ1n) is 8.30. The highest BCUT2D eigenvalue weighted by Crippen LogP contribution is 2.48. The second-order valence-electron chi connectivity index (χ2n) is 5.95. The Labute approximate surface area is 147 Å². The van der Waals surface area contributed by atoms with Gasteiger partial charge in [0, 0.05) is 0 Å². The minimum atomic E-state index is -1.45. The molecule has 1 aromatic heterocycles. The summed E-state index contributed by atoms with van der Waals surface area (Å²) >= 11 is 0. The first-order valence-corrected chi connectivity index (χ1v) is 8.30. The zero-order valence-corrected chi connectivity index (χ0v) is 15.3. The van der Waals surface area contributed by atoms with Crippen molar-refractivity contribution < 1.29 is 28.2 Å². The summed E-state index contributed by atoms with van der Waals surface area (Å²) in [6, 6.07) is 2.39. The van der Waals surface area contributed by atoms with Crippen LogP contribution < -0.4 is 5.32 Å². The summed E-state index contributed by atoms with van der Waals surface area (Å²) in [5, 5.41) is 2.94. The maximum atomic E-state index is 12.9. The van der Waals surface area contributed by atoms with E-state index in [0.717, 1.165) is 0 Å². The number of hydrogen-bond acceptors (Lipinski definition) is 8. The van der Waals surface area contributed by atoms with Crippen LogP contribution in [0, 0.1) is 0 Å². The van der Waals surface area contributed by atoms with Gasteiger partial charge in [0.05, 0.1) is 19.5 Å². The summed E-state index contributed by atoms with van der Waals surface area (Å²) in [7, 11) is 3.35. The third-order valence-electron chi connectivity index (χ3n) is 4.75. The standard InChI is InChI=1S/C17H26N2O6/c1-6-22-14(20)13(18-4)17(12-9-8-10-24-12)16(3,15(21)23-7-2)19(5)11-25-17/h8-10,13,18H,6-7,11H2,1-5H3/t13-,16+,17+/m1/s1. The van der Waals surface area contributed by atoms with E-state index in [-0.39, 0.29) is 19.9 Å². The van der Waals surface area contributed by atoms with Crippen LogP contribution in [0.25, 0.3) is 0 Å². The Hall–Kier alpha value is -1.90. The predicted molar refractivity (Wildman–Crippen MR) is 88.6 cm³/mol. The van der Waals surface area contributed by atoms with Crippen molar-refractivity contribution in [1.29, 1.82) is 0 Å². The highest BCUT2D eigenvalue weighted by Gasteiger charge is 2.70. The van der Waals surface area contributed by atoms with Crippen molar-refractivity contribution in [3.8, 4) is 0 Å². The van der Waals surface area contributed by atoms with Crippen LogP contribution >= 0.6 is 0 Å². The number of ether oxygens (including phenoxy) is 3. The van der Waals surface area contributed by atoms with Gasteiger partial charge in [0.15, 0.2) is 11.1 Å². The van der Waals surface area contributed by atoms with Gasteiger partial charge in [0.25, 0.3) is 0 Å². The number of likely N-dealkylation sites (N-methyl/N-ethyl adjacent to an activating group) is 2. The number of nitrogens with one attached hydrogen (secondary N) is 1. The number of carbonyl (C=O) groups excluding carboxylic acids is 2. The predicted octanol–water partition coefficient (Wildman–Crippen LogP) is 0.867. The molecule has 140 valence electrons. The highest BCUT2D eigenvalue weighted by molar-refractivity contribution is 5.87. The number of esters is 2. The van der Waals surface area contributed by atoms with Crippen LogP contribution in [0.1, 0.15) is 26.5 Å². The van der Waals surface area contributed by atoms with Crippen molar-refractivity contribution in [2.45, 2.75) is 38.0 Å². The molecule has 1 fully saturated rings. The Morgan fingerprint density at radius 1 is 1.36 bits per heavy atom. The van der Waals surface area contributed by atoms with Gasteiger partial charge in [-0.25, -0.2) is 4.79 Å². The first kappa shape index (κ1) is 19.4. The van der Waals surface area contributed by atoms with E-state index in [1.807, 2.05) is 0 Å². The molecule has 0 aliphatic carbocycles. The van der Waals surface area contributed by atoms with Crippen molar-refractivity contribution >= 4 is 11.9 Å². The van der Waals surface area contributed by atoms with Crippen LogP contribution in [0.2, 0.25) is 0 Å². The molecule has 1 aliphatic rings. The molecular formula is C17H26N2O6. The zero-order valence-electron chi connectivity index (χ0n) is 15.3. The van der Waals surface area contributed by atoms with E-state index in [2.05, 4.69) is 5.32 Å². The lowest BCUT2D eigenvalue weighted by Gasteiger charge is -2.44. The lowest BCUT2D eigenvalue weighted by Crippen LogP contribution is -2.68. The molecule has 25 heavy (non-hydrogen) atoms. The third-order valence-corrected chi connectivity index (χ3v) is 4.75. The van der Waals surface area contributed by atoms with Gasteiger partial charge in [-0.15, -0.1) is 0 Å². The molecule has 0 bridgehead atoms. The summed E-state index contributed by atoms with van der Waals surface area (Å²) in [6.07, 6.45) is 1.47. The van der Waals surface area contributed by atoms with Gasteiger partial charge in [0.2, 0.25) is 0 Å². The molecule has 2 rings (SSSR count). The van der Waals surface area contributed by atoms with E-state index < -0.39 is 29.1 Å². The third kappa shape index (κ3) is 2.84. The molecule has 2 heterocycles. The fourth-order valence-electron chi connectivity index (χ4n) is 3.35. The van der Waals surface area contributed by atoms with Gasteiger partial charge >= 0.3 is 11.9 Å². The fraction of sp³-hybridized carbons (Fsp3) is 0.647. The molecule has 0 aromatic carbocycles. The summed E-state index contributed by atoms with van der Waals surface area (Å²) in [6.45, 7) is 5.66. The SMILES string of the molecule is CCOC(=O)[C@@H](NC)[C@]1(c2ccco2)OCN(C)[C@@]1(C)C(=O)OCC. The number of rotatable bonds is 7. The molecule has 0 spiro atoms. The summed E-state index contributed by atoms with van der Waals surface area (Å²) in [5.74, 6) is -0.692. The van der Waals surface area contributed by atoms with Crippen LogP contribution in [-0.4, -0.2) is 62.5 Å². The minimum Gasteiger partial charge on any atom is -0.466 e. The van der Waals surface area contributed by atoms with Crippen molar-refractivity contribution in [2.24, 2.45) is 0 Å². The Balaban J connectivity index is 2.66. The van der Waals surface area contributed by atoms with E-state index in [0.29, 0.717) is 5.76 Å². The molecule has 8 nitrogen and oxygen atoms in total. The summed E-state index contributed by atoms with van der Waals surface area (Å²) in [5.41, 5.74) is -2.75. The average Bonchev–Trinajstić information content (AvgIpc) is 3.20. The second-order valence-corrected chi connectivity index (χ2v) is 5.95. The fourth-order valence-corrected chi connectivity index (χ4v) is 3.35. The van der Waals surface area contributed by atoms with E-state index in [9.17, 15) is 9.59 Å². The van der Waals surface area contributed by atoms with Gasteiger partial charge in [-0.05, 0) is 47.0 Å². The van der Waals surface area contributed by atoms with Crippen molar-refractivity contribution in [1.82, 2.24) is 10.2 Å². The highest BCUT2D eigenvalue weighted by atomic mass is 16.6. The molecule has 1 saturated heterocycles. The number of furan rings is 1. The minimum absolute atomic E-state index is 0.119. The Morgan fingerprint density at radius 2 is 2.04 bits per heavy atom. The lowest BCUT2D eigenvalue weighted by molar-refractivity contribution is -0.174. The Kier molecular flexibility index (Phi) is 5.87. The van der Waals surface area contributed by atoms with Crippen LogP contribution in [0.3, 0.4) is 0 Å². The zero-order chi connectivity index (χ0) is 18.7. The normalized spacial score (nSPS) is 27.9. The quantitative estimate of drug-likeness (QED) is 0.722. The van der Waals surface area contributed by atoms with Crippen molar-refractivity contribution in [3.63, 3.8) is 0 Å². The smallest absolute Gasteiger partial charge is 0.329 e. The van der Waals surface area contributed by atoms with Gasteiger partial charge in [-0.1, -0.05) is 0 Å². The summed E-state index contributed by atoms with van der Waals surface area (Å²) < 4.78 is 22.2. The van der Waals surface area contributed by atoms with Crippen LogP contribution in [0.5, 0.6) is 0 Å². The van der Waals surface area contributed by atoms with Gasteiger partial charge < -0.3 is 23.9 Å². The number of nitrogens with zero attached hydrogens (tertiary/aromatic N) is 1. The second kappa shape index (κ2) is 7.55. The van der Waals surface area contributed by atoms with Crippen LogP contribution in [0.4, 0.5) is 0 Å². The Bertz CT molecular complexity index is 604. The molecule has 3 atom stereocenters. The number of hydrogen-bond donors (Lipinski definition) is 1. The average molecular weight is 354 g/mol. The van der Waals surface area contributed by atoms with Crippen LogP contribution in [-0.2, 0) is 29.4 Å². The molecule has 0 unspecified atom stereocenters. The topological polar surface area (TPSA) is 90.2 Å². The van der Waals surface area contributed by atoms with Crippen molar-refractivity contribution in [3.05, 3.63) is 24.2 Å². The molecule has 1 N–H and O–H groups in total. The molecule has 1 aliphatic heterocycles. The number of carbonyl (C=O) groups is 2. The van der Waals surface area contributed by atoms with Gasteiger partial charge in [-0.2, -0.15) is 0 Å². The maximum absolute atomic E-state index is 12.9. The van der Waals surface area contributed by atoms with E-state index >= 15 is 0 Å². The monoisotopic (exact) mass is 354 g/mol. The van der Waals surface area contributed by atoms with Crippen LogP contribution in [0.15, 0.2) is 22.8 Å². The van der Waals surface area contributed by atoms with Gasteiger partial charge in [-0.3, -0.25) is 9.69 Å². The molecule has 8 heteroatoms. The van der Waals surface area contributed by atoms with E-state index in [4.69, 9.17) is 18.6 Å². The van der Waals surface area contributed by atoms with E-state index in [1.54, 1.807) is 51.9 Å². The maximum Gasteiger partial charge on any atom is 0.329 e. The summed E-state index contributed by atoms with van der Waals surface area (Å²) in [4.78, 5) is 27.3. The molecule has 0 amide bonds. The Morgan fingerprint density at radius 3 is 2.56 bits per heavy atom. The first-order chi connectivity index (χ1) is 11.9. The molecular weight excluding hydrogens is 328 g/mol. The largest absolute Gasteiger partial charge is 0.466 e. The molecule has 0 radical (unpaired) electrons. The van der Waals surface area contributed by atoms with Crippen molar-refractivity contribution in [2.75, 3.05) is 34.0 Å². The molecule has 1 aromatic rings. The molecule has 0 saturated carbocycles. The van der Waals surface area contributed by atoms with Gasteiger partial charge in [0.1, 0.15) is 18.5 Å². The lowest BCUT2D eigenvalue weighted by atomic mass is 9.73.